The minimum absolute atomic E-state index is 0.0728. The predicted molar refractivity (Wildman–Crippen MR) is 55.6 cm³/mol. The van der Waals surface area contributed by atoms with E-state index in [-0.39, 0.29) is 18.8 Å². The Hall–Kier alpha value is -1.62. The van der Waals surface area contributed by atoms with E-state index >= 15 is 0 Å². The number of aliphatic carboxylic acids is 1. The van der Waals surface area contributed by atoms with Gasteiger partial charge in [0.05, 0.1) is 6.61 Å². The fraction of sp³-hybridized carbons (Fsp3) is 0.455. The maximum Gasteiger partial charge on any atom is 0.334 e. The zero-order valence-electron chi connectivity index (χ0n) is 8.81. The third-order valence-corrected chi connectivity index (χ3v) is 2.51. The number of hydrogen-bond acceptors (Lipinski definition) is 4. The number of aliphatic hydroxyl groups is 1. The van der Waals surface area contributed by atoms with Crippen LogP contribution in [0.4, 0.5) is 0 Å². The van der Waals surface area contributed by atoms with E-state index in [0.29, 0.717) is 12.8 Å². The Kier molecular flexibility index (Phi) is 3.84. The summed E-state index contributed by atoms with van der Waals surface area (Å²) in [4.78, 5) is 21.8. The van der Waals surface area contributed by atoms with Crippen LogP contribution in [0.2, 0.25) is 0 Å². The number of hydrogen-bond donors (Lipinski definition) is 2. The number of ether oxygens (including phenoxy) is 1. The summed E-state index contributed by atoms with van der Waals surface area (Å²) in [7, 11) is 0. The van der Waals surface area contributed by atoms with Crippen LogP contribution in [0.5, 0.6) is 0 Å². The van der Waals surface area contributed by atoms with Crippen LogP contribution in [0, 0.1) is 5.41 Å². The van der Waals surface area contributed by atoms with Gasteiger partial charge in [-0.05, 0) is 12.8 Å². The first-order valence-corrected chi connectivity index (χ1v) is 4.91. The first-order chi connectivity index (χ1) is 7.52. The summed E-state index contributed by atoms with van der Waals surface area (Å²) in [6, 6.07) is 0. The second-order valence-corrected chi connectivity index (χ2v) is 3.67. The highest BCUT2D eigenvalue weighted by atomic mass is 16.5. The number of carboxylic acids is 1. The highest BCUT2D eigenvalue weighted by Crippen LogP contribution is 2.52. The Bertz CT molecular complexity index is 338. The number of carbonyl (C=O) groups excluding carboxylic acids is 1. The minimum Gasteiger partial charge on any atom is -0.478 e. The Morgan fingerprint density at radius 3 is 2.50 bits per heavy atom. The molecule has 16 heavy (non-hydrogen) atoms. The van der Waals surface area contributed by atoms with Crippen LogP contribution in [0.1, 0.15) is 12.8 Å². The van der Waals surface area contributed by atoms with Crippen molar-refractivity contribution in [3.05, 3.63) is 24.3 Å². The van der Waals surface area contributed by atoms with E-state index in [0.717, 1.165) is 6.08 Å². The van der Waals surface area contributed by atoms with Gasteiger partial charge in [-0.15, -0.1) is 0 Å². The van der Waals surface area contributed by atoms with Crippen LogP contribution in [0.15, 0.2) is 24.3 Å². The van der Waals surface area contributed by atoms with Gasteiger partial charge in [0, 0.05) is 17.1 Å². The molecule has 0 radical (unpaired) electrons. The molecule has 5 heteroatoms. The largest absolute Gasteiger partial charge is 0.478 e. The zero-order valence-corrected chi connectivity index (χ0v) is 8.81. The summed E-state index contributed by atoms with van der Waals surface area (Å²) in [6.45, 7) is 3.31. The first kappa shape index (κ1) is 12.4. The molecule has 0 aromatic heterocycles. The molecule has 0 aliphatic heterocycles. The average Bonchev–Trinajstić information content (AvgIpc) is 3.03. The summed E-state index contributed by atoms with van der Waals surface area (Å²) in [6.07, 6.45) is 3.88. The summed E-state index contributed by atoms with van der Waals surface area (Å²) < 4.78 is 4.72. The maximum atomic E-state index is 11.4. The number of carbonyl (C=O) groups is 2. The van der Waals surface area contributed by atoms with Crippen LogP contribution in [-0.4, -0.2) is 35.4 Å². The van der Waals surface area contributed by atoms with E-state index in [4.69, 9.17) is 14.9 Å². The van der Waals surface area contributed by atoms with Crippen molar-refractivity contribution in [3.8, 4) is 0 Å². The van der Waals surface area contributed by atoms with Crippen molar-refractivity contribution >= 4 is 11.9 Å². The van der Waals surface area contributed by atoms with Crippen molar-refractivity contribution in [1.29, 1.82) is 0 Å². The second-order valence-electron chi connectivity index (χ2n) is 3.67. The lowest BCUT2D eigenvalue weighted by molar-refractivity contribution is -0.140. The minimum atomic E-state index is -1.05. The molecule has 0 saturated heterocycles. The van der Waals surface area contributed by atoms with E-state index in [9.17, 15) is 9.59 Å². The maximum absolute atomic E-state index is 11.4. The molecule has 0 amide bonds. The Morgan fingerprint density at radius 2 is 2.06 bits per heavy atom. The molecule has 5 nitrogen and oxygen atoms in total. The molecule has 0 aromatic rings. The Morgan fingerprint density at radius 1 is 1.44 bits per heavy atom. The quantitative estimate of drug-likeness (QED) is 0.509. The third kappa shape index (κ3) is 2.93. The van der Waals surface area contributed by atoms with Crippen LogP contribution in [-0.2, 0) is 14.3 Å². The molecule has 2 N–H and O–H groups in total. The molecular weight excluding hydrogens is 212 g/mol. The summed E-state index contributed by atoms with van der Waals surface area (Å²) in [5, 5.41) is 17.0. The first-order valence-electron chi connectivity index (χ1n) is 4.91. The lowest BCUT2D eigenvalue weighted by Gasteiger charge is -2.12. The van der Waals surface area contributed by atoms with Crippen molar-refractivity contribution < 1.29 is 24.5 Å². The van der Waals surface area contributed by atoms with Gasteiger partial charge in [0.2, 0.25) is 0 Å². The lowest BCUT2D eigenvalue weighted by Crippen LogP contribution is -2.16. The van der Waals surface area contributed by atoms with Gasteiger partial charge in [0.25, 0.3) is 0 Å². The molecule has 0 spiro atoms. The van der Waals surface area contributed by atoms with Gasteiger partial charge < -0.3 is 14.9 Å². The monoisotopic (exact) mass is 226 g/mol. The molecule has 0 atom stereocenters. The Balaban J connectivity index is 2.59. The number of rotatable bonds is 6. The van der Waals surface area contributed by atoms with Crippen molar-refractivity contribution in [2.75, 3.05) is 13.2 Å². The van der Waals surface area contributed by atoms with Gasteiger partial charge in [-0.3, -0.25) is 0 Å². The normalized spacial score (nSPS) is 17.1. The number of allylic oxidation sites excluding steroid dienone is 1. The molecule has 0 aromatic carbocycles. The fourth-order valence-corrected chi connectivity index (χ4v) is 1.36. The lowest BCUT2D eigenvalue weighted by atomic mass is 9.97. The smallest absolute Gasteiger partial charge is 0.334 e. The van der Waals surface area contributed by atoms with E-state index in [2.05, 4.69) is 6.58 Å². The van der Waals surface area contributed by atoms with Crippen LogP contribution < -0.4 is 0 Å². The number of esters is 1. The van der Waals surface area contributed by atoms with E-state index in [1.807, 2.05) is 0 Å². The predicted octanol–water partition coefficient (Wildman–Crippen LogP) is 0.499. The number of aliphatic hydroxyl groups excluding tert-OH is 1. The SMILES string of the molecule is C=C(C(=O)OCCO)C1(C=CC(=O)O)CC1. The summed E-state index contributed by atoms with van der Waals surface area (Å²) in [5.41, 5.74) is -0.302. The molecular formula is C11H14O5. The zero-order chi connectivity index (χ0) is 12.2. The van der Waals surface area contributed by atoms with Gasteiger partial charge in [-0.1, -0.05) is 12.7 Å². The molecule has 0 unspecified atom stereocenters. The fourth-order valence-electron chi connectivity index (χ4n) is 1.36. The molecule has 1 aliphatic carbocycles. The molecule has 1 aliphatic rings. The topological polar surface area (TPSA) is 83.8 Å². The number of carboxylic acid groups (broad SMARTS) is 1. The van der Waals surface area contributed by atoms with Gasteiger partial charge in [0.15, 0.2) is 0 Å². The van der Waals surface area contributed by atoms with Gasteiger partial charge in [-0.2, -0.15) is 0 Å². The summed E-state index contributed by atoms with van der Waals surface area (Å²) in [5.74, 6) is -1.63. The van der Waals surface area contributed by atoms with Crippen LogP contribution in [0.25, 0.3) is 0 Å². The van der Waals surface area contributed by atoms with E-state index < -0.39 is 17.4 Å². The van der Waals surface area contributed by atoms with Gasteiger partial charge in [0.1, 0.15) is 6.61 Å². The van der Waals surface area contributed by atoms with E-state index in [1.54, 1.807) is 0 Å². The van der Waals surface area contributed by atoms with Gasteiger partial charge >= 0.3 is 11.9 Å². The highest BCUT2D eigenvalue weighted by Gasteiger charge is 2.46. The van der Waals surface area contributed by atoms with Crippen molar-refractivity contribution in [1.82, 2.24) is 0 Å². The standard InChI is InChI=1S/C11H14O5/c1-8(10(15)16-7-6-12)11(4-5-11)3-2-9(13)14/h2-3,12H,1,4-7H2,(H,13,14). The molecule has 1 rings (SSSR count). The molecule has 1 saturated carbocycles. The van der Waals surface area contributed by atoms with Crippen molar-refractivity contribution in [3.63, 3.8) is 0 Å². The van der Waals surface area contributed by atoms with Crippen molar-refractivity contribution in [2.45, 2.75) is 12.8 Å². The molecule has 0 bridgehead atoms. The molecule has 0 heterocycles. The average molecular weight is 226 g/mol. The van der Waals surface area contributed by atoms with E-state index in [1.165, 1.54) is 6.08 Å². The Labute approximate surface area is 93.0 Å². The van der Waals surface area contributed by atoms with Gasteiger partial charge in [-0.25, -0.2) is 9.59 Å². The van der Waals surface area contributed by atoms with Crippen LogP contribution in [0.3, 0.4) is 0 Å². The molecule has 1 fully saturated rings. The molecule has 88 valence electrons. The van der Waals surface area contributed by atoms with Crippen molar-refractivity contribution in [2.24, 2.45) is 5.41 Å². The highest BCUT2D eigenvalue weighted by molar-refractivity contribution is 5.91. The summed E-state index contributed by atoms with van der Waals surface area (Å²) >= 11 is 0. The second kappa shape index (κ2) is 4.94. The van der Waals surface area contributed by atoms with Crippen LogP contribution >= 0.6 is 0 Å². The third-order valence-electron chi connectivity index (χ3n) is 2.51.